The van der Waals surface area contributed by atoms with Gasteiger partial charge in [-0.25, -0.2) is 9.97 Å². The van der Waals surface area contributed by atoms with Gasteiger partial charge in [-0.2, -0.15) is 36.6 Å². The van der Waals surface area contributed by atoms with Crippen molar-refractivity contribution in [1.29, 1.82) is 5.26 Å². The maximum absolute atomic E-state index is 13.2. The van der Waals surface area contributed by atoms with Crippen LogP contribution in [0.4, 0.5) is 31.5 Å². The Morgan fingerprint density at radius 3 is 2.19 bits per heavy atom. The van der Waals surface area contributed by atoms with E-state index in [4.69, 9.17) is 5.26 Å². The number of aromatic nitrogens is 3. The molecular weight excluding hydrogens is 519 g/mol. The van der Waals surface area contributed by atoms with Gasteiger partial charge in [0, 0.05) is 0 Å². The highest BCUT2D eigenvalue weighted by atomic mass is 127. The second-order valence-electron chi connectivity index (χ2n) is 4.48. The van der Waals surface area contributed by atoms with E-state index in [1.165, 1.54) is 28.7 Å². The Morgan fingerprint density at radius 2 is 1.74 bits per heavy atom. The molecule has 0 fully saturated rings. The maximum atomic E-state index is 13.2. The summed E-state index contributed by atoms with van der Waals surface area (Å²) in [6, 6.07) is 1.29. The van der Waals surface area contributed by atoms with Crippen LogP contribution in [0.2, 0.25) is 0 Å². The van der Waals surface area contributed by atoms with Crippen molar-refractivity contribution in [3.05, 3.63) is 25.7 Å². The number of rotatable bonds is 3. The summed E-state index contributed by atoms with van der Waals surface area (Å²) in [4.78, 5) is 21.7. The number of nitrogens with zero attached hydrogens (tertiary/aromatic N) is 4. The van der Waals surface area contributed by atoms with E-state index in [0.29, 0.717) is 11.3 Å². The first-order valence-electron chi connectivity index (χ1n) is 6.36. The van der Waals surface area contributed by atoms with Gasteiger partial charge in [-0.1, -0.05) is 11.3 Å². The number of carbonyl (C=O) groups excluding carboxylic acids is 1. The number of alkyl halides is 6. The van der Waals surface area contributed by atoms with Crippen LogP contribution in [0, 0.1) is 14.2 Å². The number of hydrogen-bond donors (Lipinski definition) is 1. The molecule has 2 aromatic heterocycles. The van der Waals surface area contributed by atoms with E-state index in [2.05, 4.69) is 19.7 Å². The average Bonchev–Trinajstić information content (AvgIpc) is 2.93. The summed E-state index contributed by atoms with van der Waals surface area (Å²) in [5.74, 6) is -3.27. The SMILES string of the molecule is COc1nc(C#N)nc(C(F)(F)F)c1C(=O)Nc1nc(C(F)(F)F)c(I)s1. The maximum Gasteiger partial charge on any atom is 0.435 e. The highest BCUT2D eigenvalue weighted by Crippen LogP contribution is 2.38. The van der Waals surface area contributed by atoms with Crippen molar-refractivity contribution in [1.82, 2.24) is 15.0 Å². The molecule has 0 saturated heterocycles. The normalized spacial score (nSPS) is 11.8. The number of nitriles is 1. The van der Waals surface area contributed by atoms with Gasteiger partial charge in [-0.15, -0.1) is 0 Å². The number of nitrogens with one attached hydrogen (secondary N) is 1. The van der Waals surface area contributed by atoms with E-state index in [1.807, 2.05) is 5.32 Å². The van der Waals surface area contributed by atoms with Gasteiger partial charge in [-0.05, 0) is 22.6 Å². The fraction of sp³-hybridized carbons (Fsp3) is 0.250. The Kier molecular flexibility index (Phi) is 5.79. The van der Waals surface area contributed by atoms with Crippen molar-refractivity contribution >= 4 is 45.0 Å². The quantitative estimate of drug-likeness (QED) is 0.487. The molecule has 0 aliphatic carbocycles. The van der Waals surface area contributed by atoms with Gasteiger partial charge in [0.15, 0.2) is 16.5 Å². The lowest BCUT2D eigenvalue weighted by atomic mass is 10.2. The third-order valence-corrected chi connectivity index (χ3v) is 4.67. The molecule has 0 aliphatic rings. The van der Waals surface area contributed by atoms with Crippen molar-refractivity contribution in [2.24, 2.45) is 0 Å². The van der Waals surface area contributed by atoms with Crippen molar-refractivity contribution < 1.29 is 35.9 Å². The van der Waals surface area contributed by atoms with Gasteiger partial charge < -0.3 is 4.74 Å². The minimum Gasteiger partial charge on any atom is -0.480 e. The predicted molar refractivity (Wildman–Crippen MR) is 86.1 cm³/mol. The van der Waals surface area contributed by atoms with Crippen LogP contribution in [-0.4, -0.2) is 28.0 Å². The van der Waals surface area contributed by atoms with Crippen LogP contribution in [0.15, 0.2) is 0 Å². The van der Waals surface area contributed by atoms with Crippen LogP contribution in [0.5, 0.6) is 5.88 Å². The topological polar surface area (TPSA) is 101 Å². The Hall–Kier alpha value is -2.22. The minimum atomic E-state index is -5.16. The molecule has 1 amide bonds. The number of ether oxygens (including phenoxy) is 1. The number of thiazole rings is 1. The summed E-state index contributed by atoms with van der Waals surface area (Å²) in [5.41, 5.74) is -4.25. The number of methoxy groups -OCH3 is 1. The van der Waals surface area contributed by atoms with E-state index >= 15 is 0 Å². The van der Waals surface area contributed by atoms with Gasteiger partial charge >= 0.3 is 12.4 Å². The molecule has 0 bridgehead atoms. The van der Waals surface area contributed by atoms with Gasteiger partial charge in [-0.3, -0.25) is 10.1 Å². The molecule has 0 radical (unpaired) electrons. The first kappa shape index (κ1) is 21.1. The molecule has 0 spiro atoms. The van der Waals surface area contributed by atoms with Crippen LogP contribution in [0.3, 0.4) is 0 Å². The van der Waals surface area contributed by atoms with E-state index < -0.39 is 52.0 Å². The second kappa shape index (κ2) is 7.42. The zero-order valence-corrected chi connectivity index (χ0v) is 15.6. The molecule has 0 saturated carbocycles. The summed E-state index contributed by atoms with van der Waals surface area (Å²) in [5, 5.41) is 9.96. The standard InChI is InChI=1S/C12H4F6IN5O2S/c1-26-9-4(5(11(13,14)15)21-3(2-20)22-9)8(25)24-10-23-6(7(19)27-10)12(16,17)18/h1H3,(H,23,24,25). The molecule has 1 N–H and O–H groups in total. The van der Waals surface area contributed by atoms with Crippen LogP contribution in [0.25, 0.3) is 0 Å². The molecule has 27 heavy (non-hydrogen) atoms. The number of hydrogen-bond acceptors (Lipinski definition) is 7. The van der Waals surface area contributed by atoms with E-state index in [1.54, 1.807) is 0 Å². The summed E-state index contributed by atoms with van der Waals surface area (Å²) in [6.45, 7) is 0. The third kappa shape index (κ3) is 4.55. The molecule has 0 atom stereocenters. The molecule has 2 rings (SSSR count). The number of halogens is 7. The summed E-state index contributed by atoms with van der Waals surface area (Å²) in [7, 11) is 0.897. The van der Waals surface area contributed by atoms with Crippen LogP contribution in [-0.2, 0) is 12.4 Å². The average molecular weight is 523 g/mol. The monoisotopic (exact) mass is 523 g/mol. The lowest BCUT2D eigenvalue weighted by molar-refractivity contribution is -0.142. The zero-order chi connectivity index (χ0) is 20.6. The largest absolute Gasteiger partial charge is 0.480 e. The van der Waals surface area contributed by atoms with E-state index in [0.717, 1.165) is 7.11 Å². The van der Waals surface area contributed by atoms with Crippen molar-refractivity contribution in [3.8, 4) is 11.9 Å². The van der Waals surface area contributed by atoms with Gasteiger partial charge in [0.2, 0.25) is 11.7 Å². The fourth-order valence-corrected chi connectivity index (χ4v) is 3.50. The highest BCUT2D eigenvalue weighted by Gasteiger charge is 2.41. The van der Waals surface area contributed by atoms with Gasteiger partial charge in [0.25, 0.3) is 5.91 Å². The van der Waals surface area contributed by atoms with E-state index in [9.17, 15) is 31.1 Å². The molecule has 0 aliphatic heterocycles. The molecular formula is C12H4F6IN5O2S. The third-order valence-electron chi connectivity index (χ3n) is 2.74. The van der Waals surface area contributed by atoms with E-state index in [-0.39, 0.29) is 2.88 Å². The lowest BCUT2D eigenvalue weighted by Gasteiger charge is -2.13. The highest BCUT2D eigenvalue weighted by molar-refractivity contribution is 14.1. The predicted octanol–water partition coefficient (Wildman–Crippen LogP) is 3.71. The van der Waals surface area contributed by atoms with Crippen molar-refractivity contribution in [2.45, 2.75) is 12.4 Å². The molecule has 15 heteroatoms. The number of anilines is 1. The minimum absolute atomic E-state index is 0.325. The Morgan fingerprint density at radius 1 is 1.15 bits per heavy atom. The fourth-order valence-electron chi connectivity index (χ4n) is 1.74. The molecule has 2 aromatic rings. The molecule has 144 valence electrons. The molecule has 0 unspecified atom stereocenters. The molecule has 0 aromatic carbocycles. The Labute approximate surface area is 163 Å². The molecule has 2 heterocycles. The van der Waals surface area contributed by atoms with Crippen LogP contribution >= 0.6 is 33.9 Å². The number of carbonyl (C=O) groups is 1. The van der Waals surface area contributed by atoms with Gasteiger partial charge in [0.05, 0.1) is 9.99 Å². The first-order valence-corrected chi connectivity index (χ1v) is 8.26. The molecule has 7 nitrogen and oxygen atoms in total. The summed E-state index contributed by atoms with van der Waals surface area (Å²) in [6.07, 6.45) is -9.97. The zero-order valence-electron chi connectivity index (χ0n) is 12.7. The first-order chi connectivity index (χ1) is 12.4. The van der Waals surface area contributed by atoms with Crippen molar-refractivity contribution in [2.75, 3.05) is 12.4 Å². The summed E-state index contributed by atoms with van der Waals surface area (Å²) >= 11 is 1.74. The lowest BCUT2D eigenvalue weighted by Crippen LogP contribution is -2.23. The van der Waals surface area contributed by atoms with Gasteiger partial charge in [0.1, 0.15) is 11.6 Å². The Bertz CT molecular complexity index is 936. The second-order valence-corrected chi connectivity index (χ2v) is 7.29. The Balaban J connectivity index is 2.52. The smallest absolute Gasteiger partial charge is 0.435 e. The van der Waals surface area contributed by atoms with Crippen LogP contribution < -0.4 is 10.1 Å². The van der Waals surface area contributed by atoms with Crippen molar-refractivity contribution in [3.63, 3.8) is 0 Å². The van der Waals surface area contributed by atoms with Crippen LogP contribution in [0.1, 0.15) is 27.6 Å². The number of amides is 1. The summed E-state index contributed by atoms with van der Waals surface area (Å²) < 4.78 is 82.2.